The first-order valence-corrected chi connectivity index (χ1v) is 6.11. The zero-order valence-electron chi connectivity index (χ0n) is 10.6. The van der Waals surface area contributed by atoms with Crippen molar-refractivity contribution in [2.45, 2.75) is 26.3 Å². The molecule has 96 valence electrons. The van der Waals surface area contributed by atoms with Gasteiger partial charge < -0.3 is 0 Å². The second kappa shape index (κ2) is 5.31. The Morgan fingerprint density at radius 1 is 1.39 bits per heavy atom. The molecule has 0 aliphatic carbocycles. The molecule has 1 fully saturated rings. The molecule has 3 nitrogen and oxygen atoms in total. The quantitative estimate of drug-likeness (QED) is 0.816. The fourth-order valence-electron chi connectivity index (χ4n) is 2.12. The number of carbonyl (C=O) groups excluding carboxylic acids is 1. The maximum absolute atomic E-state index is 12.9. The van der Waals surface area contributed by atoms with E-state index < -0.39 is 0 Å². The van der Waals surface area contributed by atoms with Gasteiger partial charge in [0.15, 0.2) is 0 Å². The van der Waals surface area contributed by atoms with Crippen LogP contribution >= 0.6 is 0 Å². The average molecular weight is 248 g/mol. The number of carbonyl (C=O) groups is 1. The Morgan fingerprint density at radius 2 is 2.06 bits per heavy atom. The third-order valence-electron chi connectivity index (χ3n) is 3.26. The summed E-state index contributed by atoms with van der Waals surface area (Å²) in [6.07, 6.45) is 2.61. The SMILES string of the molecule is CC=C1CCNN(C(C)c2ccc(F)cc2)C1=O. The van der Waals surface area contributed by atoms with E-state index in [1.807, 2.05) is 19.9 Å². The van der Waals surface area contributed by atoms with Crippen LogP contribution in [-0.2, 0) is 4.79 Å². The zero-order chi connectivity index (χ0) is 13.1. The highest BCUT2D eigenvalue weighted by Gasteiger charge is 2.27. The van der Waals surface area contributed by atoms with Gasteiger partial charge in [0.1, 0.15) is 5.82 Å². The van der Waals surface area contributed by atoms with Crippen molar-refractivity contribution < 1.29 is 9.18 Å². The number of nitrogens with zero attached hydrogens (tertiary/aromatic N) is 1. The lowest BCUT2D eigenvalue weighted by Crippen LogP contribution is -2.49. The zero-order valence-corrected chi connectivity index (χ0v) is 10.6. The summed E-state index contributed by atoms with van der Waals surface area (Å²) in [5, 5.41) is 1.62. The van der Waals surface area contributed by atoms with Gasteiger partial charge in [-0.15, -0.1) is 0 Å². The molecule has 18 heavy (non-hydrogen) atoms. The van der Waals surface area contributed by atoms with Gasteiger partial charge in [-0.2, -0.15) is 0 Å². The molecule has 0 radical (unpaired) electrons. The molecule has 0 aromatic heterocycles. The lowest BCUT2D eigenvalue weighted by molar-refractivity contribution is -0.134. The van der Waals surface area contributed by atoms with Crippen molar-refractivity contribution in [1.82, 2.24) is 10.4 Å². The summed E-state index contributed by atoms with van der Waals surface area (Å²) in [7, 11) is 0. The molecule has 2 rings (SSSR count). The van der Waals surface area contributed by atoms with Crippen molar-refractivity contribution in [3.8, 4) is 0 Å². The van der Waals surface area contributed by atoms with E-state index in [-0.39, 0.29) is 17.8 Å². The van der Waals surface area contributed by atoms with E-state index in [0.717, 1.165) is 24.1 Å². The minimum absolute atomic E-state index is 0.000532. The first kappa shape index (κ1) is 12.8. The van der Waals surface area contributed by atoms with Gasteiger partial charge in [0.2, 0.25) is 0 Å². The molecule has 0 spiro atoms. The van der Waals surface area contributed by atoms with Gasteiger partial charge in [0, 0.05) is 12.1 Å². The first-order valence-electron chi connectivity index (χ1n) is 6.11. The van der Waals surface area contributed by atoms with Gasteiger partial charge in [0.25, 0.3) is 5.91 Å². The Labute approximate surface area is 106 Å². The molecular formula is C14H17FN2O. The molecule has 1 heterocycles. The normalized spacial score (nSPS) is 20.3. The van der Waals surface area contributed by atoms with Gasteiger partial charge in [-0.1, -0.05) is 18.2 Å². The highest BCUT2D eigenvalue weighted by Crippen LogP contribution is 2.23. The van der Waals surface area contributed by atoms with E-state index in [4.69, 9.17) is 0 Å². The molecule has 1 unspecified atom stereocenters. The molecule has 0 bridgehead atoms. The summed E-state index contributed by atoms with van der Waals surface area (Å²) in [4.78, 5) is 12.2. The Kier molecular flexibility index (Phi) is 3.77. The highest BCUT2D eigenvalue weighted by atomic mass is 19.1. The minimum Gasteiger partial charge on any atom is -0.268 e. The Hall–Kier alpha value is -1.68. The summed E-state index contributed by atoms with van der Waals surface area (Å²) in [5.74, 6) is -0.265. The van der Waals surface area contributed by atoms with Crippen LogP contribution in [0.5, 0.6) is 0 Å². The number of hydrazine groups is 1. The van der Waals surface area contributed by atoms with E-state index in [1.54, 1.807) is 17.1 Å². The molecule has 1 N–H and O–H groups in total. The summed E-state index contributed by atoms with van der Waals surface area (Å²) in [6.45, 7) is 4.55. The molecule has 1 aromatic carbocycles. The van der Waals surface area contributed by atoms with Crippen LogP contribution in [0.25, 0.3) is 0 Å². The number of benzene rings is 1. The molecule has 0 saturated carbocycles. The van der Waals surface area contributed by atoms with Crippen LogP contribution < -0.4 is 5.43 Å². The van der Waals surface area contributed by atoms with Crippen LogP contribution in [0, 0.1) is 5.82 Å². The van der Waals surface area contributed by atoms with Crippen LogP contribution in [0.15, 0.2) is 35.9 Å². The maximum Gasteiger partial charge on any atom is 0.264 e. The van der Waals surface area contributed by atoms with Crippen molar-refractivity contribution in [2.24, 2.45) is 0 Å². The maximum atomic E-state index is 12.9. The summed E-state index contributed by atoms with van der Waals surface area (Å²) in [5.41, 5.74) is 4.83. The summed E-state index contributed by atoms with van der Waals surface area (Å²) in [6, 6.07) is 6.12. The molecule has 1 saturated heterocycles. The average Bonchev–Trinajstić information content (AvgIpc) is 2.39. The second-order valence-electron chi connectivity index (χ2n) is 4.37. The van der Waals surface area contributed by atoms with Crippen molar-refractivity contribution in [1.29, 1.82) is 0 Å². The molecule has 1 aliphatic rings. The fraction of sp³-hybridized carbons (Fsp3) is 0.357. The number of halogens is 1. The number of rotatable bonds is 2. The van der Waals surface area contributed by atoms with Gasteiger partial charge in [-0.25, -0.2) is 9.82 Å². The van der Waals surface area contributed by atoms with Crippen LogP contribution in [0.1, 0.15) is 31.9 Å². The topological polar surface area (TPSA) is 32.3 Å². The minimum atomic E-state index is -0.266. The van der Waals surface area contributed by atoms with Gasteiger partial charge in [0.05, 0.1) is 6.04 Å². The number of hydrogen-bond donors (Lipinski definition) is 1. The van der Waals surface area contributed by atoms with Crippen molar-refractivity contribution in [2.75, 3.05) is 6.54 Å². The van der Waals surface area contributed by atoms with E-state index in [0.29, 0.717) is 0 Å². The number of allylic oxidation sites excluding steroid dienone is 1. The van der Waals surface area contributed by atoms with Crippen LogP contribution in [-0.4, -0.2) is 17.5 Å². The fourth-order valence-corrected chi connectivity index (χ4v) is 2.12. The van der Waals surface area contributed by atoms with Gasteiger partial charge >= 0.3 is 0 Å². The second-order valence-corrected chi connectivity index (χ2v) is 4.37. The number of hydrogen-bond acceptors (Lipinski definition) is 2. The summed E-state index contributed by atoms with van der Waals surface area (Å²) < 4.78 is 12.9. The van der Waals surface area contributed by atoms with Crippen LogP contribution in [0.2, 0.25) is 0 Å². The smallest absolute Gasteiger partial charge is 0.264 e. The predicted octanol–water partition coefficient (Wildman–Crippen LogP) is 2.57. The molecular weight excluding hydrogens is 231 g/mol. The van der Waals surface area contributed by atoms with Crippen molar-refractivity contribution in [3.05, 3.63) is 47.3 Å². The first-order chi connectivity index (χ1) is 8.63. The molecule has 1 atom stereocenters. The molecule has 1 aromatic rings. The van der Waals surface area contributed by atoms with Crippen molar-refractivity contribution in [3.63, 3.8) is 0 Å². The number of amides is 1. The molecule has 1 aliphatic heterocycles. The van der Waals surface area contributed by atoms with Gasteiger partial charge in [-0.3, -0.25) is 9.80 Å². The molecule has 1 amide bonds. The monoisotopic (exact) mass is 248 g/mol. The third kappa shape index (κ3) is 2.43. The highest BCUT2D eigenvalue weighted by molar-refractivity contribution is 5.94. The van der Waals surface area contributed by atoms with Crippen LogP contribution in [0.3, 0.4) is 0 Å². The standard InChI is InChI=1S/C14H17FN2O/c1-3-11-8-9-16-17(14(11)18)10(2)12-4-6-13(15)7-5-12/h3-7,10,16H,8-9H2,1-2H3. The van der Waals surface area contributed by atoms with E-state index >= 15 is 0 Å². The van der Waals surface area contributed by atoms with Gasteiger partial charge in [-0.05, 0) is 38.0 Å². The van der Waals surface area contributed by atoms with E-state index in [2.05, 4.69) is 5.43 Å². The largest absolute Gasteiger partial charge is 0.268 e. The predicted molar refractivity (Wildman–Crippen MR) is 68.0 cm³/mol. The lowest BCUT2D eigenvalue weighted by atomic mass is 10.0. The number of nitrogens with one attached hydrogen (secondary N) is 1. The van der Waals surface area contributed by atoms with E-state index in [1.165, 1.54) is 12.1 Å². The molecule has 4 heteroatoms. The van der Waals surface area contributed by atoms with Crippen molar-refractivity contribution >= 4 is 5.91 Å². The Morgan fingerprint density at radius 3 is 2.67 bits per heavy atom. The van der Waals surface area contributed by atoms with E-state index in [9.17, 15) is 9.18 Å². The van der Waals surface area contributed by atoms with Crippen LogP contribution in [0.4, 0.5) is 4.39 Å². The third-order valence-corrected chi connectivity index (χ3v) is 3.26. The lowest BCUT2D eigenvalue weighted by Gasteiger charge is -2.34. The summed E-state index contributed by atoms with van der Waals surface area (Å²) >= 11 is 0. The Bertz CT molecular complexity index is 467. The Balaban J connectivity index is 2.20.